The first-order valence-corrected chi connectivity index (χ1v) is 7.52. The average Bonchev–Trinajstić information content (AvgIpc) is 2.53. The highest BCUT2D eigenvalue weighted by atomic mass is 35.5. The zero-order valence-electron chi connectivity index (χ0n) is 11.3. The monoisotopic (exact) mass is 316 g/mol. The van der Waals surface area contributed by atoms with Gasteiger partial charge in [0.2, 0.25) is 0 Å². The van der Waals surface area contributed by atoms with Crippen molar-refractivity contribution in [3.05, 3.63) is 71.4 Å². The van der Waals surface area contributed by atoms with Crippen molar-refractivity contribution in [2.45, 2.75) is 5.38 Å². The lowest BCUT2D eigenvalue weighted by molar-refractivity contribution is 0.979. The van der Waals surface area contributed by atoms with Gasteiger partial charge in [0.05, 0.1) is 10.9 Å². The molecule has 3 rings (SSSR count). The summed E-state index contributed by atoms with van der Waals surface area (Å²) in [6.07, 6.45) is 1.77. The quantitative estimate of drug-likeness (QED) is 0.662. The number of halogens is 2. The highest BCUT2D eigenvalue weighted by molar-refractivity contribution is 6.31. The van der Waals surface area contributed by atoms with E-state index >= 15 is 0 Å². The molecule has 21 heavy (non-hydrogen) atoms. The van der Waals surface area contributed by atoms with Crippen molar-refractivity contribution in [3.8, 4) is 0 Å². The second-order valence-electron chi connectivity index (χ2n) is 4.78. The normalized spacial score (nSPS) is 12.3. The van der Waals surface area contributed by atoms with Crippen LogP contribution in [0.4, 0.5) is 5.69 Å². The van der Waals surface area contributed by atoms with Gasteiger partial charge in [-0.2, -0.15) is 0 Å². The largest absolute Gasteiger partial charge is 0.383 e. The molecule has 1 atom stereocenters. The van der Waals surface area contributed by atoms with Crippen LogP contribution >= 0.6 is 23.2 Å². The van der Waals surface area contributed by atoms with Gasteiger partial charge in [0.15, 0.2) is 0 Å². The Morgan fingerprint density at radius 1 is 1.05 bits per heavy atom. The zero-order chi connectivity index (χ0) is 14.7. The summed E-state index contributed by atoms with van der Waals surface area (Å²) >= 11 is 12.4. The third-order valence-electron chi connectivity index (χ3n) is 3.34. The number of fused-ring (bicyclic) bond motifs is 1. The lowest BCUT2D eigenvalue weighted by Gasteiger charge is -2.13. The van der Waals surface area contributed by atoms with Crippen molar-refractivity contribution in [2.75, 3.05) is 11.9 Å². The number of pyridine rings is 1. The summed E-state index contributed by atoms with van der Waals surface area (Å²) < 4.78 is 0. The van der Waals surface area contributed by atoms with Gasteiger partial charge < -0.3 is 5.32 Å². The van der Waals surface area contributed by atoms with E-state index in [4.69, 9.17) is 23.2 Å². The van der Waals surface area contributed by atoms with Gasteiger partial charge in [-0.05, 0) is 29.8 Å². The number of rotatable bonds is 4. The summed E-state index contributed by atoms with van der Waals surface area (Å²) in [4.78, 5) is 4.33. The molecule has 2 aromatic carbocycles. The first kappa shape index (κ1) is 14.2. The number of aromatic nitrogens is 1. The molecule has 1 heterocycles. The predicted molar refractivity (Wildman–Crippen MR) is 90.3 cm³/mol. The molecule has 1 unspecified atom stereocenters. The average molecular weight is 317 g/mol. The maximum absolute atomic E-state index is 6.43. The fourth-order valence-corrected chi connectivity index (χ4v) is 2.64. The number of alkyl halides is 1. The number of nitrogens with zero attached hydrogens (tertiary/aromatic N) is 1. The molecule has 3 aromatic rings. The van der Waals surface area contributed by atoms with E-state index in [1.54, 1.807) is 6.20 Å². The molecule has 1 N–H and O–H groups in total. The van der Waals surface area contributed by atoms with E-state index in [-0.39, 0.29) is 5.38 Å². The zero-order valence-corrected chi connectivity index (χ0v) is 12.8. The number of benzene rings is 2. The van der Waals surface area contributed by atoms with Crippen LogP contribution < -0.4 is 5.32 Å². The topological polar surface area (TPSA) is 24.9 Å². The maximum Gasteiger partial charge on any atom is 0.0757 e. The van der Waals surface area contributed by atoms with E-state index < -0.39 is 0 Å². The number of nitrogens with one attached hydrogen (secondary N) is 1. The van der Waals surface area contributed by atoms with Crippen molar-refractivity contribution in [3.63, 3.8) is 0 Å². The van der Waals surface area contributed by atoms with Crippen LogP contribution in [0.5, 0.6) is 0 Å². The molecular weight excluding hydrogens is 303 g/mol. The predicted octanol–water partition coefficient (Wildman–Crippen LogP) is 5.28. The molecule has 0 amide bonds. The second-order valence-corrected chi connectivity index (χ2v) is 5.74. The van der Waals surface area contributed by atoms with Crippen LogP contribution in [0.1, 0.15) is 10.9 Å². The van der Waals surface area contributed by atoms with Gasteiger partial charge >= 0.3 is 0 Å². The van der Waals surface area contributed by atoms with Crippen molar-refractivity contribution in [1.29, 1.82) is 0 Å². The van der Waals surface area contributed by atoms with Crippen molar-refractivity contribution in [2.24, 2.45) is 0 Å². The maximum atomic E-state index is 6.43. The van der Waals surface area contributed by atoms with E-state index in [1.165, 1.54) is 0 Å². The van der Waals surface area contributed by atoms with Gasteiger partial charge in [0.1, 0.15) is 0 Å². The summed E-state index contributed by atoms with van der Waals surface area (Å²) in [6, 6.07) is 17.7. The molecule has 0 aliphatic rings. The van der Waals surface area contributed by atoms with Gasteiger partial charge in [-0.15, -0.1) is 11.6 Å². The third-order valence-corrected chi connectivity index (χ3v) is 3.98. The molecule has 0 saturated carbocycles. The molecule has 0 fully saturated rings. The van der Waals surface area contributed by atoms with E-state index in [0.29, 0.717) is 11.6 Å². The lowest BCUT2D eigenvalue weighted by atomic mass is 10.1. The van der Waals surface area contributed by atoms with E-state index in [9.17, 15) is 0 Å². The smallest absolute Gasteiger partial charge is 0.0757 e. The molecule has 0 spiro atoms. The Labute approximate surface area is 133 Å². The highest BCUT2D eigenvalue weighted by Crippen LogP contribution is 2.26. The van der Waals surface area contributed by atoms with Gasteiger partial charge in [-0.25, -0.2) is 0 Å². The lowest BCUT2D eigenvalue weighted by Crippen LogP contribution is -2.08. The van der Waals surface area contributed by atoms with Crippen molar-refractivity contribution in [1.82, 2.24) is 4.98 Å². The number of anilines is 1. The van der Waals surface area contributed by atoms with Gasteiger partial charge in [-0.1, -0.05) is 41.9 Å². The van der Waals surface area contributed by atoms with Crippen LogP contribution in [0.2, 0.25) is 5.02 Å². The van der Waals surface area contributed by atoms with Crippen molar-refractivity contribution < 1.29 is 0 Å². The standard InChI is InChI=1S/C17H14Cl2N2/c18-13-6-7-14-16(8-9-20-17(14)10-13)21-11-15(19)12-4-2-1-3-5-12/h1-10,15H,11H2,(H,20,21). The first-order chi connectivity index (χ1) is 10.2. The van der Waals surface area contributed by atoms with E-state index in [0.717, 1.165) is 22.2 Å². The van der Waals surface area contributed by atoms with Crippen LogP contribution in [-0.2, 0) is 0 Å². The number of hydrogen-bond acceptors (Lipinski definition) is 2. The molecule has 0 aliphatic heterocycles. The molecule has 1 aromatic heterocycles. The van der Waals surface area contributed by atoms with E-state index in [1.807, 2.05) is 54.6 Å². The Bertz CT molecular complexity index is 744. The Hall–Kier alpha value is -1.77. The fourth-order valence-electron chi connectivity index (χ4n) is 2.25. The van der Waals surface area contributed by atoms with Crippen LogP contribution in [0.15, 0.2) is 60.8 Å². The van der Waals surface area contributed by atoms with Crippen LogP contribution in [0.25, 0.3) is 10.9 Å². The summed E-state index contributed by atoms with van der Waals surface area (Å²) in [5.74, 6) is 0. The second kappa shape index (κ2) is 6.33. The molecule has 0 aliphatic carbocycles. The van der Waals surface area contributed by atoms with Gasteiger partial charge in [-0.3, -0.25) is 4.98 Å². The minimum absolute atomic E-state index is 0.0817. The third kappa shape index (κ3) is 3.29. The fraction of sp³-hybridized carbons (Fsp3) is 0.118. The Morgan fingerprint density at radius 2 is 1.86 bits per heavy atom. The molecule has 106 valence electrons. The summed E-state index contributed by atoms with van der Waals surface area (Å²) in [6.45, 7) is 0.646. The Kier molecular flexibility index (Phi) is 4.28. The van der Waals surface area contributed by atoms with Crippen LogP contribution in [0, 0.1) is 0 Å². The first-order valence-electron chi connectivity index (χ1n) is 6.71. The van der Waals surface area contributed by atoms with Crippen LogP contribution in [0.3, 0.4) is 0 Å². The van der Waals surface area contributed by atoms with Crippen LogP contribution in [-0.4, -0.2) is 11.5 Å². The molecular formula is C17H14Cl2N2. The van der Waals surface area contributed by atoms with Gasteiger partial charge in [0.25, 0.3) is 0 Å². The SMILES string of the molecule is Clc1ccc2c(NCC(Cl)c3ccccc3)ccnc2c1. The minimum atomic E-state index is -0.0817. The van der Waals surface area contributed by atoms with Crippen molar-refractivity contribution >= 4 is 39.8 Å². The molecule has 0 bridgehead atoms. The summed E-state index contributed by atoms with van der Waals surface area (Å²) in [5, 5.41) is 5.04. The van der Waals surface area contributed by atoms with E-state index in [2.05, 4.69) is 10.3 Å². The molecule has 0 radical (unpaired) electrons. The molecule has 2 nitrogen and oxygen atoms in total. The highest BCUT2D eigenvalue weighted by Gasteiger charge is 2.08. The van der Waals surface area contributed by atoms with Gasteiger partial charge in [0, 0.05) is 28.8 Å². The Balaban J connectivity index is 1.79. The molecule has 4 heteroatoms. The summed E-state index contributed by atoms with van der Waals surface area (Å²) in [7, 11) is 0. The molecule has 0 saturated heterocycles. The minimum Gasteiger partial charge on any atom is -0.383 e. The summed E-state index contributed by atoms with van der Waals surface area (Å²) in [5.41, 5.74) is 2.99. The number of hydrogen-bond donors (Lipinski definition) is 1. The Morgan fingerprint density at radius 3 is 2.67 bits per heavy atom.